The summed E-state index contributed by atoms with van der Waals surface area (Å²) in [4.78, 5) is 8.32. The van der Waals surface area contributed by atoms with Crippen molar-refractivity contribution in [2.45, 2.75) is 13.8 Å². The van der Waals surface area contributed by atoms with Gasteiger partial charge in [-0.05, 0) is 25.5 Å². The quantitative estimate of drug-likeness (QED) is 0.666. The summed E-state index contributed by atoms with van der Waals surface area (Å²) in [6, 6.07) is 3.89. The minimum absolute atomic E-state index is 0.593. The van der Waals surface area contributed by atoms with Crippen LogP contribution in [0.5, 0.6) is 0 Å². The van der Waals surface area contributed by atoms with Crippen molar-refractivity contribution in [1.82, 2.24) is 9.97 Å². The van der Waals surface area contributed by atoms with Crippen LogP contribution in [0.4, 0.5) is 0 Å². The molecule has 0 fully saturated rings. The molecule has 0 radical (unpaired) electrons. The maximum Gasteiger partial charge on any atom is 0.245 e. The van der Waals surface area contributed by atoms with Crippen molar-refractivity contribution in [3.8, 4) is 11.6 Å². The highest BCUT2D eigenvalue weighted by molar-refractivity contribution is 5.51. The smallest absolute Gasteiger partial charge is 0.245 e. The zero-order chi connectivity index (χ0) is 9.26. The van der Waals surface area contributed by atoms with Crippen molar-refractivity contribution in [2.75, 3.05) is 0 Å². The highest BCUT2D eigenvalue weighted by Crippen LogP contribution is 2.19. The maximum atomic E-state index is 5.38. The average molecular weight is 174 g/mol. The fraction of sp³-hybridized carbons (Fsp3) is 0.200. The van der Waals surface area contributed by atoms with Crippen molar-refractivity contribution in [3.63, 3.8) is 0 Å². The normalized spacial score (nSPS) is 10.3. The van der Waals surface area contributed by atoms with Crippen molar-refractivity contribution in [2.24, 2.45) is 0 Å². The first-order valence-corrected chi connectivity index (χ1v) is 4.12. The molecule has 0 N–H and O–H groups in total. The SMILES string of the molecule is Cc1cnc(-c2ncccc2C)o1. The Balaban J connectivity index is 2.52. The number of hydrogen-bond donors (Lipinski definition) is 0. The van der Waals surface area contributed by atoms with E-state index in [4.69, 9.17) is 4.42 Å². The molecular weight excluding hydrogens is 164 g/mol. The number of rotatable bonds is 1. The van der Waals surface area contributed by atoms with E-state index in [0.717, 1.165) is 17.0 Å². The van der Waals surface area contributed by atoms with Crippen LogP contribution in [0.15, 0.2) is 28.9 Å². The number of hydrogen-bond acceptors (Lipinski definition) is 3. The second-order valence-electron chi connectivity index (χ2n) is 2.94. The molecule has 0 spiro atoms. The average Bonchev–Trinajstić information content (AvgIpc) is 2.53. The van der Waals surface area contributed by atoms with Gasteiger partial charge >= 0.3 is 0 Å². The predicted octanol–water partition coefficient (Wildman–Crippen LogP) is 2.35. The number of nitrogens with zero attached hydrogens (tertiary/aromatic N) is 2. The Morgan fingerprint density at radius 2 is 2.08 bits per heavy atom. The summed E-state index contributed by atoms with van der Waals surface area (Å²) in [5.74, 6) is 1.40. The van der Waals surface area contributed by atoms with Crippen LogP contribution in [-0.4, -0.2) is 9.97 Å². The third kappa shape index (κ3) is 1.45. The molecule has 3 nitrogen and oxygen atoms in total. The first-order chi connectivity index (χ1) is 6.27. The summed E-state index contributed by atoms with van der Waals surface area (Å²) in [6.45, 7) is 3.86. The Labute approximate surface area is 76.5 Å². The van der Waals surface area contributed by atoms with Gasteiger partial charge in [0, 0.05) is 6.20 Å². The molecule has 2 aromatic rings. The summed E-state index contributed by atoms with van der Waals surface area (Å²) in [5.41, 5.74) is 1.89. The molecule has 66 valence electrons. The van der Waals surface area contributed by atoms with Crippen LogP contribution in [0.2, 0.25) is 0 Å². The van der Waals surface area contributed by atoms with Crippen LogP contribution in [0.1, 0.15) is 11.3 Å². The molecule has 0 amide bonds. The van der Waals surface area contributed by atoms with Gasteiger partial charge in [0.25, 0.3) is 0 Å². The van der Waals surface area contributed by atoms with E-state index in [0.29, 0.717) is 5.89 Å². The van der Waals surface area contributed by atoms with E-state index in [1.54, 1.807) is 12.4 Å². The van der Waals surface area contributed by atoms with E-state index in [1.807, 2.05) is 26.0 Å². The van der Waals surface area contributed by atoms with E-state index >= 15 is 0 Å². The molecular formula is C10H10N2O. The zero-order valence-corrected chi connectivity index (χ0v) is 7.61. The monoisotopic (exact) mass is 174 g/mol. The van der Waals surface area contributed by atoms with Gasteiger partial charge in [0.05, 0.1) is 6.20 Å². The summed E-state index contributed by atoms with van der Waals surface area (Å²) < 4.78 is 5.38. The molecule has 0 aromatic carbocycles. The lowest BCUT2D eigenvalue weighted by atomic mass is 10.2. The van der Waals surface area contributed by atoms with Crippen LogP contribution < -0.4 is 0 Å². The van der Waals surface area contributed by atoms with Gasteiger partial charge in [-0.1, -0.05) is 6.07 Å². The molecule has 2 rings (SSSR count). The van der Waals surface area contributed by atoms with Gasteiger partial charge in [-0.15, -0.1) is 0 Å². The zero-order valence-electron chi connectivity index (χ0n) is 7.61. The third-order valence-electron chi connectivity index (χ3n) is 1.83. The molecule has 3 heteroatoms. The van der Waals surface area contributed by atoms with Gasteiger partial charge in [-0.3, -0.25) is 4.98 Å². The molecule has 0 saturated heterocycles. The van der Waals surface area contributed by atoms with Crippen molar-refractivity contribution < 1.29 is 4.42 Å². The number of oxazole rings is 1. The molecule has 0 unspecified atom stereocenters. The third-order valence-corrected chi connectivity index (χ3v) is 1.83. The van der Waals surface area contributed by atoms with E-state index in [1.165, 1.54) is 0 Å². The van der Waals surface area contributed by atoms with E-state index < -0.39 is 0 Å². The Morgan fingerprint density at radius 1 is 1.23 bits per heavy atom. The highest BCUT2D eigenvalue weighted by Gasteiger charge is 2.07. The second-order valence-corrected chi connectivity index (χ2v) is 2.94. The van der Waals surface area contributed by atoms with Crippen molar-refractivity contribution in [1.29, 1.82) is 0 Å². The van der Waals surface area contributed by atoms with Crippen molar-refractivity contribution >= 4 is 0 Å². The maximum absolute atomic E-state index is 5.38. The Morgan fingerprint density at radius 3 is 2.69 bits per heavy atom. The predicted molar refractivity (Wildman–Crippen MR) is 49.2 cm³/mol. The van der Waals surface area contributed by atoms with E-state index in [-0.39, 0.29) is 0 Å². The van der Waals surface area contributed by atoms with Gasteiger partial charge in [0.15, 0.2) is 0 Å². The molecule has 0 atom stereocenters. The van der Waals surface area contributed by atoms with Crippen LogP contribution in [0.25, 0.3) is 11.6 Å². The minimum Gasteiger partial charge on any atom is -0.440 e. The van der Waals surface area contributed by atoms with Crippen LogP contribution in [0.3, 0.4) is 0 Å². The summed E-state index contributed by atoms with van der Waals surface area (Å²) in [7, 11) is 0. The molecule has 0 saturated carbocycles. The van der Waals surface area contributed by atoms with Gasteiger partial charge in [0.1, 0.15) is 11.5 Å². The Hall–Kier alpha value is -1.64. The lowest BCUT2D eigenvalue weighted by molar-refractivity contribution is 0.540. The van der Waals surface area contributed by atoms with Crippen LogP contribution in [0, 0.1) is 13.8 Å². The molecule has 13 heavy (non-hydrogen) atoms. The Kier molecular flexibility index (Phi) is 1.85. The largest absolute Gasteiger partial charge is 0.440 e. The number of aryl methyl sites for hydroxylation is 2. The van der Waals surface area contributed by atoms with Gasteiger partial charge in [-0.25, -0.2) is 4.98 Å². The van der Waals surface area contributed by atoms with Gasteiger partial charge in [0.2, 0.25) is 5.89 Å². The van der Waals surface area contributed by atoms with Gasteiger partial charge < -0.3 is 4.42 Å². The first kappa shape index (κ1) is 7.98. The summed E-state index contributed by atoms with van der Waals surface area (Å²) in [6.07, 6.45) is 3.44. The molecule has 0 bridgehead atoms. The fourth-order valence-corrected chi connectivity index (χ4v) is 1.17. The van der Waals surface area contributed by atoms with Crippen LogP contribution in [-0.2, 0) is 0 Å². The minimum atomic E-state index is 0.593. The molecule has 2 heterocycles. The van der Waals surface area contributed by atoms with Crippen molar-refractivity contribution in [3.05, 3.63) is 35.9 Å². The summed E-state index contributed by atoms with van der Waals surface area (Å²) >= 11 is 0. The molecule has 2 aromatic heterocycles. The fourth-order valence-electron chi connectivity index (χ4n) is 1.17. The standard InChI is InChI=1S/C10H10N2O/c1-7-4-3-5-11-9(7)10-12-6-8(2)13-10/h3-6H,1-2H3. The lowest BCUT2D eigenvalue weighted by Gasteiger charge is -1.97. The highest BCUT2D eigenvalue weighted by atomic mass is 16.4. The first-order valence-electron chi connectivity index (χ1n) is 4.12. The van der Waals surface area contributed by atoms with Gasteiger partial charge in [-0.2, -0.15) is 0 Å². The number of aromatic nitrogens is 2. The van der Waals surface area contributed by atoms with E-state index in [2.05, 4.69) is 9.97 Å². The molecule has 0 aliphatic carbocycles. The molecule has 0 aliphatic heterocycles. The summed E-state index contributed by atoms with van der Waals surface area (Å²) in [5, 5.41) is 0. The number of pyridine rings is 1. The van der Waals surface area contributed by atoms with Crippen LogP contribution >= 0.6 is 0 Å². The van der Waals surface area contributed by atoms with E-state index in [9.17, 15) is 0 Å². The lowest BCUT2D eigenvalue weighted by Crippen LogP contribution is -1.86. The Bertz CT molecular complexity index is 420. The molecule has 0 aliphatic rings. The topological polar surface area (TPSA) is 38.9 Å². The second kappa shape index (κ2) is 3.01.